The minimum Gasteiger partial charge on any atom is -0.429 e. The standard InChI is InChI=1S/C28H22O4/c1-19(30)32-23-16-12-21(13-17-23)28(20-10-14-22(15-11-20)31-18-29)26-8-4-2-6-24(26)25-7-3-5-9-27(25)28/h2-4,6-8,10-18H,5,9H2,1H3. The number of rotatable bonds is 5. The van der Waals surface area contributed by atoms with E-state index in [-0.39, 0.29) is 5.97 Å². The Morgan fingerprint density at radius 1 is 0.906 bits per heavy atom. The summed E-state index contributed by atoms with van der Waals surface area (Å²) in [6.45, 7) is 1.84. The zero-order chi connectivity index (χ0) is 22.1. The van der Waals surface area contributed by atoms with Crippen molar-refractivity contribution in [3.63, 3.8) is 0 Å². The molecule has 1 unspecified atom stereocenters. The van der Waals surface area contributed by atoms with Crippen LogP contribution in [0.2, 0.25) is 0 Å². The van der Waals surface area contributed by atoms with E-state index in [4.69, 9.17) is 9.47 Å². The molecule has 0 heterocycles. The maximum absolute atomic E-state index is 11.4. The first kappa shape index (κ1) is 20.0. The van der Waals surface area contributed by atoms with Gasteiger partial charge in [0.25, 0.3) is 6.47 Å². The second kappa shape index (κ2) is 7.97. The second-order valence-corrected chi connectivity index (χ2v) is 7.99. The lowest BCUT2D eigenvalue weighted by atomic mass is 9.65. The molecule has 158 valence electrons. The van der Waals surface area contributed by atoms with E-state index in [1.54, 1.807) is 0 Å². The van der Waals surface area contributed by atoms with Gasteiger partial charge in [0.1, 0.15) is 11.5 Å². The van der Waals surface area contributed by atoms with Gasteiger partial charge < -0.3 is 9.47 Å². The number of carbonyl (C=O) groups is 2. The maximum atomic E-state index is 11.4. The number of hydrogen-bond acceptors (Lipinski definition) is 4. The van der Waals surface area contributed by atoms with Gasteiger partial charge in [0.2, 0.25) is 0 Å². The second-order valence-electron chi connectivity index (χ2n) is 7.99. The lowest BCUT2D eigenvalue weighted by Crippen LogP contribution is -2.30. The molecule has 2 aliphatic carbocycles. The molecule has 0 spiro atoms. The Labute approximate surface area is 186 Å². The summed E-state index contributed by atoms with van der Waals surface area (Å²) in [5.41, 5.74) is 6.80. The van der Waals surface area contributed by atoms with Gasteiger partial charge in [-0.3, -0.25) is 9.59 Å². The number of benzene rings is 3. The molecule has 0 aliphatic heterocycles. The number of carbonyl (C=O) groups excluding carboxylic acids is 2. The van der Waals surface area contributed by atoms with Gasteiger partial charge in [-0.1, -0.05) is 60.7 Å². The molecule has 5 rings (SSSR count). The van der Waals surface area contributed by atoms with Crippen LogP contribution >= 0.6 is 0 Å². The van der Waals surface area contributed by atoms with E-state index in [9.17, 15) is 9.59 Å². The molecule has 1 atom stereocenters. The largest absolute Gasteiger partial charge is 0.429 e. The van der Waals surface area contributed by atoms with Crippen molar-refractivity contribution in [1.82, 2.24) is 0 Å². The average molecular weight is 422 g/mol. The molecule has 2 aliphatic rings. The Morgan fingerprint density at radius 3 is 2.22 bits per heavy atom. The highest BCUT2D eigenvalue weighted by Crippen LogP contribution is 2.57. The Balaban J connectivity index is 1.77. The van der Waals surface area contributed by atoms with Gasteiger partial charge >= 0.3 is 5.97 Å². The first-order valence-corrected chi connectivity index (χ1v) is 10.6. The van der Waals surface area contributed by atoms with E-state index < -0.39 is 5.41 Å². The molecule has 0 saturated carbocycles. The van der Waals surface area contributed by atoms with Gasteiger partial charge in [0, 0.05) is 6.92 Å². The summed E-state index contributed by atoms with van der Waals surface area (Å²) in [4.78, 5) is 22.2. The predicted octanol–water partition coefficient (Wildman–Crippen LogP) is 5.60. The topological polar surface area (TPSA) is 52.6 Å². The summed E-state index contributed by atoms with van der Waals surface area (Å²) in [7, 11) is 0. The highest BCUT2D eigenvalue weighted by molar-refractivity contribution is 5.90. The molecule has 0 radical (unpaired) electrons. The van der Waals surface area contributed by atoms with Gasteiger partial charge in [-0.2, -0.15) is 0 Å². The SMILES string of the molecule is CC(=O)Oc1ccc(C2(c3ccc(OC=O)cc3)C3=C(C=CCC3)c3ccccc32)cc1. The van der Waals surface area contributed by atoms with Crippen LogP contribution in [0.25, 0.3) is 5.57 Å². The van der Waals surface area contributed by atoms with Crippen molar-refractivity contribution in [2.75, 3.05) is 0 Å². The molecule has 3 aromatic carbocycles. The molecule has 0 amide bonds. The fourth-order valence-electron chi connectivity index (χ4n) is 5.12. The number of esters is 1. The molecule has 3 aromatic rings. The third-order valence-corrected chi connectivity index (χ3v) is 6.26. The monoisotopic (exact) mass is 422 g/mol. The third kappa shape index (κ3) is 3.07. The molecule has 0 N–H and O–H groups in total. The van der Waals surface area contributed by atoms with Crippen molar-refractivity contribution < 1.29 is 19.1 Å². The fourth-order valence-corrected chi connectivity index (χ4v) is 5.12. The number of hydrogen-bond donors (Lipinski definition) is 0. The number of allylic oxidation sites excluding steroid dienone is 4. The summed E-state index contributed by atoms with van der Waals surface area (Å²) >= 11 is 0. The Hall–Kier alpha value is -3.92. The molecular weight excluding hydrogens is 400 g/mol. The smallest absolute Gasteiger partial charge is 0.308 e. The molecule has 0 fully saturated rings. The third-order valence-electron chi connectivity index (χ3n) is 6.26. The van der Waals surface area contributed by atoms with Crippen LogP contribution in [0.15, 0.2) is 90.5 Å². The van der Waals surface area contributed by atoms with Gasteiger partial charge in [-0.25, -0.2) is 0 Å². The summed E-state index contributed by atoms with van der Waals surface area (Å²) in [5, 5.41) is 0. The Morgan fingerprint density at radius 2 is 1.56 bits per heavy atom. The fraction of sp³-hybridized carbons (Fsp3) is 0.143. The van der Waals surface area contributed by atoms with Gasteiger partial charge in [-0.15, -0.1) is 0 Å². The van der Waals surface area contributed by atoms with Crippen LogP contribution < -0.4 is 9.47 Å². The van der Waals surface area contributed by atoms with Gasteiger partial charge in [0.15, 0.2) is 0 Å². The van der Waals surface area contributed by atoms with Crippen molar-refractivity contribution in [2.45, 2.75) is 25.2 Å². The van der Waals surface area contributed by atoms with Crippen molar-refractivity contribution in [2.24, 2.45) is 0 Å². The minimum absolute atomic E-state index is 0.341. The molecule has 0 aromatic heterocycles. The summed E-state index contributed by atoms with van der Waals surface area (Å²) in [5.74, 6) is 0.690. The van der Waals surface area contributed by atoms with Crippen molar-refractivity contribution in [3.05, 3.63) is 113 Å². The van der Waals surface area contributed by atoms with Crippen LogP contribution in [0.1, 0.15) is 42.0 Å². The average Bonchev–Trinajstić information content (AvgIpc) is 3.12. The van der Waals surface area contributed by atoms with Crippen LogP contribution in [0.5, 0.6) is 11.5 Å². The first-order valence-electron chi connectivity index (χ1n) is 10.6. The first-order chi connectivity index (χ1) is 15.6. The van der Waals surface area contributed by atoms with E-state index in [1.165, 1.54) is 29.2 Å². The zero-order valence-electron chi connectivity index (χ0n) is 17.7. The zero-order valence-corrected chi connectivity index (χ0v) is 17.7. The van der Waals surface area contributed by atoms with Crippen LogP contribution in [0.4, 0.5) is 0 Å². The highest BCUT2D eigenvalue weighted by Gasteiger charge is 2.47. The van der Waals surface area contributed by atoms with E-state index in [2.05, 4.69) is 36.4 Å². The lowest BCUT2D eigenvalue weighted by Gasteiger charge is -2.36. The molecule has 0 saturated heterocycles. The quantitative estimate of drug-likeness (QED) is 0.305. The van der Waals surface area contributed by atoms with E-state index in [0.29, 0.717) is 18.0 Å². The normalized spacial score (nSPS) is 18.7. The van der Waals surface area contributed by atoms with Crippen LogP contribution in [-0.2, 0) is 15.0 Å². The number of ether oxygens (including phenoxy) is 2. The van der Waals surface area contributed by atoms with Gasteiger partial charge in [-0.05, 0) is 70.5 Å². The van der Waals surface area contributed by atoms with E-state index in [0.717, 1.165) is 24.0 Å². The predicted molar refractivity (Wildman–Crippen MR) is 123 cm³/mol. The molecule has 4 nitrogen and oxygen atoms in total. The van der Waals surface area contributed by atoms with Crippen molar-refractivity contribution in [3.8, 4) is 11.5 Å². The summed E-state index contributed by atoms with van der Waals surface area (Å²) in [6.07, 6.45) is 6.39. The van der Waals surface area contributed by atoms with E-state index in [1.807, 2.05) is 48.5 Å². The molecule has 32 heavy (non-hydrogen) atoms. The summed E-state index contributed by atoms with van der Waals surface area (Å²) < 4.78 is 10.3. The molecule has 0 bridgehead atoms. The highest BCUT2D eigenvalue weighted by atomic mass is 16.5. The lowest BCUT2D eigenvalue weighted by molar-refractivity contribution is -0.131. The molecular formula is C28H22O4. The van der Waals surface area contributed by atoms with Crippen molar-refractivity contribution >= 4 is 18.0 Å². The van der Waals surface area contributed by atoms with Gasteiger partial charge in [0.05, 0.1) is 5.41 Å². The van der Waals surface area contributed by atoms with Crippen LogP contribution in [0, 0.1) is 0 Å². The molecule has 4 heteroatoms. The minimum atomic E-state index is -0.481. The maximum Gasteiger partial charge on any atom is 0.308 e. The number of fused-ring (bicyclic) bond motifs is 2. The Bertz CT molecular complexity index is 1250. The van der Waals surface area contributed by atoms with Crippen LogP contribution in [0.3, 0.4) is 0 Å². The van der Waals surface area contributed by atoms with Crippen molar-refractivity contribution in [1.29, 1.82) is 0 Å². The van der Waals surface area contributed by atoms with Crippen LogP contribution in [-0.4, -0.2) is 12.4 Å². The summed E-state index contributed by atoms with van der Waals surface area (Å²) in [6, 6.07) is 24.0. The Kier molecular flexibility index (Phi) is 4.98. The van der Waals surface area contributed by atoms with E-state index >= 15 is 0 Å².